The van der Waals surface area contributed by atoms with Gasteiger partial charge in [0.2, 0.25) is 5.91 Å². The zero-order chi connectivity index (χ0) is 20.1. The van der Waals surface area contributed by atoms with Crippen LogP contribution in [-0.2, 0) is 22.4 Å². The highest BCUT2D eigenvalue weighted by molar-refractivity contribution is 6.30. The number of aromatic amines is 1. The van der Waals surface area contributed by atoms with E-state index in [2.05, 4.69) is 10.3 Å². The molecule has 28 heavy (non-hydrogen) atoms. The Kier molecular flexibility index (Phi) is 6.37. The third kappa shape index (κ3) is 5.14. The first kappa shape index (κ1) is 20.0. The molecule has 1 heterocycles. The minimum Gasteiger partial charge on any atom is -0.480 e. The molecule has 0 saturated carbocycles. The molecule has 2 atom stereocenters. The number of carbonyl (C=O) groups excluding carboxylic acids is 1. The van der Waals surface area contributed by atoms with Gasteiger partial charge in [0.25, 0.3) is 0 Å². The summed E-state index contributed by atoms with van der Waals surface area (Å²) in [5.41, 5.74) is 2.92. The molecular formula is C22H23ClN2O3. The quantitative estimate of drug-likeness (QED) is 0.531. The van der Waals surface area contributed by atoms with Crippen LogP contribution in [0.25, 0.3) is 10.9 Å². The third-order valence-corrected chi connectivity index (χ3v) is 5.02. The van der Waals surface area contributed by atoms with Gasteiger partial charge in [0.15, 0.2) is 0 Å². The summed E-state index contributed by atoms with van der Waals surface area (Å²) >= 11 is 5.89. The number of rotatable bonds is 8. The number of nitrogens with one attached hydrogen (secondary N) is 2. The summed E-state index contributed by atoms with van der Waals surface area (Å²) in [5.74, 6) is -1.21. The van der Waals surface area contributed by atoms with Gasteiger partial charge in [-0.2, -0.15) is 0 Å². The third-order valence-electron chi connectivity index (χ3n) is 4.76. The largest absolute Gasteiger partial charge is 0.480 e. The second kappa shape index (κ2) is 8.93. The summed E-state index contributed by atoms with van der Waals surface area (Å²) in [6.45, 7) is 1.98. The number of amides is 1. The number of carboxylic acids is 1. The number of hydrogen-bond acceptors (Lipinski definition) is 2. The standard InChI is InChI=1S/C22H23ClN2O3/c1-14(10-15-6-8-17(23)9-7-15)11-21(26)25-20(22(27)28)12-16-13-24-19-5-3-2-4-18(16)19/h2-9,13-14,20,24H,10-12H2,1H3,(H,25,26)(H,27,28). The second-order valence-corrected chi connectivity index (χ2v) is 7.60. The minimum atomic E-state index is -1.04. The van der Waals surface area contributed by atoms with Crippen molar-refractivity contribution < 1.29 is 14.7 Å². The Morgan fingerprint density at radius 2 is 1.82 bits per heavy atom. The number of benzene rings is 2. The summed E-state index contributed by atoms with van der Waals surface area (Å²) < 4.78 is 0. The fraction of sp³-hybridized carbons (Fsp3) is 0.273. The molecule has 0 bridgehead atoms. The van der Waals surface area contributed by atoms with Crippen molar-refractivity contribution in [3.05, 3.63) is 70.9 Å². The Balaban J connectivity index is 1.59. The maximum absolute atomic E-state index is 12.4. The van der Waals surface area contributed by atoms with Crippen molar-refractivity contribution in [2.75, 3.05) is 0 Å². The molecule has 2 unspecified atom stereocenters. The highest BCUT2D eigenvalue weighted by atomic mass is 35.5. The summed E-state index contributed by atoms with van der Waals surface area (Å²) in [6, 6.07) is 14.3. The second-order valence-electron chi connectivity index (χ2n) is 7.16. The summed E-state index contributed by atoms with van der Waals surface area (Å²) in [4.78, 5) is 27.2. The molecule has 6 heteroatoms. The van der Waals surface area contributed by atoms with Crippen molar-refractivity contribution in [1.82, 2.24) is 10.3 Å². The Labute approximate surface area is 168 Å². The normalized spacial score (nSPS) is 13.2. The van der Waals surface area contributed by atoms with E-state index in [1.54, 1.807) is 6.20 Å². The fourth-order valence-corrected chi connectivity index (χ4v) is 3.51. The summed E-state index contributed by atoms with van der Waals surface area (Å²) in [5, 5.41) is 13.9. The average molecular weight is 399 g/mol. The molecule has 2 aromatic carbocycles. The number of aliphatic carboxylic acids is 1. The predicted octanol–water partition coefficient (Wildman–Crippen LogP) is 4.20. The van der Waals surface area contributed by atoms with Crippen LogP contribution >= 0.6 is 11.6 Å². The molecule has 146 valence electrons. The van der Waals surface area contributed by atoms with Crippen molar-refractivity contribution in [2.24, 2.45) is 5.92 Å². The number of carbonyl (C=O) groups is 2. The lowest BCUT2D eigenvalue weighted by molar-refractivity contribution is -0.141. The Morgan fingerprint density at radius 1 is 1.11 bits per heavy atom. The summed E-state index contributed by atoms with van der Waals surface area (Å²) in [6.07, 6.45) is 3.03. The van der Waals surface area contributed by atoms with Crippen LogP contribution in [0.1, 0.15) is 24.5 Å². The number of para-hydroxylation sites is 1. The van der Waals surface area contributed by atoms with Crippen LogP contribution < -0.4 is 5.32 Å². The van der Waals surface area contributed by atoms with Crippen molar-refractivity contribution in [1.29, 1.82) is 0 Å². The van der Waals surface area contributed by atoms with Gasteiger partial charge in [0, 0.05) is 35.0 Å². The molecular weight excluding hydrogens is 376 g/mol. The zero-order valence-electron chi connectivity index (χ0n) is 15.6. The van der Waals surface area contributed by atoms with Gasteiger partial charge in [-0.3, -0.25) is 4.79 Å². The van der Waals surface area contributed by atoms with Crippen molar-refractivity contribution in [3.8, 4) is 0 Å². The molecule has 1 amide bonds. The van der Waals surface area contributed by atoms with E-state index in [1.807, 2.05) is 55.5 Å². The van der Waals surface area contributed by atoms with Gasteiger partial charge in [-0.1, -0.05) is 48.9 Å². The van der Waals surface area contributed by atoms with Crippen molar-refractivity contribution in [3.63, 3.8) is 0 Å². The number of hydrogen-bond donors (Lipinski definition) is 3. The molecule has 5 nitrogen and oxygen atoms in total. The first-order chi connectivity index (χ1) is 13.4. The van der Waals surface area contributed by atoms with E-state index < -0.39 is 12.0 Å². The van der Waals surface area contributed by atoms with E-state index in [0.717, 1.165) is 28.5 Å². The molecule has 1 aromatic heterocycles. The molecule has 0 radical (unpaired) electrons. The van der Waals surface area contributed by atoms with Crippen LogP contribution in [0, 0.1) is 5.92 Å². The van der Waals surface area contributed by atoms with Crippen LogP contribution in [0.4, 0.5) is 0 Å². The lowest BCUT2D eigenvalue weighted by Gasteiger charge is -2.17. The van der Waals surface area contributed by atoms with Gasteiger partial charge in [0.1, 0.15) is 6.04 Å². The molecule has 0 fully saturated rings. The number of fused-ring (bicyclic) bond motifs is 1. The van der Waals surface area contributed by atoms with E-state index in [1.165, 1.54) is 0 Å². The van der Waals surface area contributed by atoms with Gasteiger partial charge in [0.05, 0.1) is 0 Å². The highest BCUT2D eigenvalue weighted by Crippen LogP contribution is 2.20. The number of aromatic nitrogens is 1. The minimum absolute atomic E-state index is 0.0868. The number of H-pyrrole nitrogens is 1. The molecule has 0 saturated heterocycles. The Bertz CT molecular complexity index is 965. The number of carboxylic acid groups (broad SMARTS) is 1. The molecule has 0 aliphatic carbocycles. The molecule has 0 spiro atoms. The van der Waals surface area contributed by atoms with Crippen LogP contribution in [0.15, 0.2) is 54.7 Å². The highest BCUT2D eigenvalue weighted by Gasteiger charge is 2.22. The monoisotopic (exact) mass is 398 g/mol. The van der Waals surface area contributed by atoms with Gasteiger partial charge < -0.3 is 15.4 Å². The zero-order valence-corrected chi connectivity index (χ0v) is 16.4. The first-order valence-corrected chi connectivity index (χ1v) is 9.61. The van der Waals surface area contributed by atoms with E-state index >= 15 is 0 Å². The average Bonchev–Trinajstić information content (AvgIpc) is 3.06. The van der Waals surface area contributed by atoms with Crippen LogP contribution in [0.3, 0.4) is 0 Å². The topological polar surface area (TPSA) is 82.2 Å². The van der Waals surface area contributed by atoms with E-state index in [-0.39, 0.29) is 24.7 Å². The smallest absolute Gasteiger partial charge is 0.326 e. The maximum Gasteiger partial charge on any atom is 0.326 e. The van der Waals surface area contributed by atoms with Crippen LogP contribution in [0.2, 0.25) is 5.02 Å². The Hall–Kier alpha value is -2.79. The summed E-state index contributed by atoms with van der Waals surface area (Å²) in [7, 11) is 0. The molecule has 3 rings (SSSR count). The SMILES string of the molecule is CC(CC(=O)NC(Cc1c[nH]c2ccccc12)C(=O)O)Cc1ccc(Cl)cc1. The van der Waals surface area contributed by atoms with Crippen molar-refractivity contribution >= 4 is 34.4 Å². The van der Waals surface area contributed by atoms with Gasteiger partial charge >= 0.3 is 5.97 Å². The van der Waals surface area contributed by atoms with Gasteiger partial charge in [-0.15, -0.1) is 0 Å². The van der Waals surface area contributed by atoms with Gasteiger partial charge in [-0.25, -0.2) is 4.79 Å². The van der Waals surface area contributed by atoms with E-state index in [9.17, 15) is 14.7 Å². The lowest BCUT2D eigenvalue weighted by Crippen LogP contribution is -2.42. The van der Waals surface area contributed by atoms with Gasteiger partial charge in [-0.05, 0) is 41.7 Å². The maximum atomic E-state index is 12.4. The Morgan fingerprint density at radius 3 is 2.54 bits per heavy atom. The van der Waals surface area contributed by atoms with Crippen LogP contribution in [0.5, 0.6) is 0 Å². The van der Waals surface area contributed by atoms with E-state index in [0.29, 0.717) is 5.02 Å². The molecule has 3 aromatic rings. The van der Waals surface area contributed by atoms with Crippen molar-refractivity contribution in [2.45, 2.75) is 32.2 Å². The molecule has 3 N–H and O–H groups in total. The van der Waals surface area contributed by atoms with E-state index in [4.69, 9.17) is 11.6 Å². The predicted molar refractivity (Wildman–Crippen MR) is 111 cm³/mol. The molecule has 0 aliphatic rings. The first-order valence-electron chi connectivity index (χ1n) is 9.24. The molecule has 0 aliphatic heterocycles. The lowest BCUT2D eigenvalue weighted by atomic mass is 9.97. The fourth-order valence-electron chi connectivity index (χ4n) is 3.39. The number of halogens is 1. The van der Waals surface area contributed by atoms with Crippen LogP contribution in [-0.4, -0.2) is 28.0 Å².